The van der Waals surface area contributed by atoms with Gasteiger partial charge in [0.15, 0.2) is 16.6 Å². The van der Waals surface area contributed by atoms with Crippen LogP contribution in [0.15, 0.2) is 23.3 Å². The molecule has 5 nitrogen and oxygen atoms in total. The minimum atomic E-state index is 0.478. The molecule has 1 aromatic rings. The van der Waals surface area contributed by atoms with Gasteiger partial charge in [0, 0.05) is 17.5 Å². The van der Waals surface area contributed by atoms with Crippen molar-refractivity contribution in [2.45, 2.75) is 44.9 Å². The first-order valence-corrected chi connectivity index (χ1v) is 8.48. The minimum Gasteiger partial charge on any atom is -0.493 e. The first-order chi connectivity index (χ1) is 11.2. The van der Waals surface area contributed by atoms with E-state index in [1.165, 1.54) is 37.8 Å². The summed E-state index contributed by atoms with van der Waals surface area (Å²) in [4.78, 5) is 0. The van der Waals surface area contributed by atoms with E-state index in [9.17, 15) is 0 Å². The van der Waals surface area contributed by atoms with Crippen LogP contribution in [0.2, 0.25) is 0 Å². The summed E-state index contributed by atoms with van der Waals surface area (Å²) in [6, 6.07) is 5.57. The molecule has 1 aromatic carbocycles. The lowest BCUT2D eigenvalue weighted by Crippen LogP contribution is -2.25. The van der Waals surface area contributed by atoms with Gasteiger partial charge in [0.1, 0.15) is 0 Å². The van der Waals surface area contributed by atoms with E-state index in [-0.39, 0.29) is 0 Å². The third-order valence-corrected chi connectivity index (χ3v) is 4.08. The smallest absolute Gasteiger partial charge is 0.191 e. The quantitative estimate of drug-likeness (QED) is 0.641. The number of anilines is 1. The molecule has 0 aliphatic heterocycles. The highest BCUT2D eigenvalue weighted by molar-refractivity contribution is 7.80. The summed E-state index contributed by atoms with van der Waals surface area (Å²) in [5.74, 6) is 1.35. The number of methoxy groups -OCH3 is 2. The van der Waals surface area contributed by atoms with Crippen molar-refractivity contribution < 1.29 is 9.47 Å². The Labute approximate surface area is 143 Å². The lowest BCUT2D eigenvalue weighted by molar-refractivity contribution is 0.355. The van der Waals surface area contributed by atoms with E-state index < -0.39 is 0 Å². The first kappa shape index (κ1) is 17.5. The molecule has 1 aliphatic carbocycles. The third kappa shape index (κ3) is 5.71. The molecule has 0 saturated heterocycles. The zero-order chi connectivity index (χ0) is 16.5. The molecule has 6 heteroatoms. The highest BCUT2D eigenvalue weighted by Gasteiger charge is 2.07. The van der Waals surface area contributed by atoms with Crippen LogP contribution >= 0.6 is 12.2 Å². The molecule has 0 amide bonds. The van der Waals surface area contributed by atoms with Gasteiger partial charge in [-0.15, -0.1) is 0 Å². The molecule has 0 bridgehead atoms. The normalized spacial score (nSPS) is 15.1. The summed E-state index contributed by atoms with van der Waals surface area (Å²) in [5, 5.41) is 8.06. The molecular weight excluding hydrogens is 310 g/mol. The van der Waals surface area contributed by atoms with Crippen molar-refractivity contribution in [1.29, 1.82) is 0 Å². The van der Waals surface area contributed by atoms with Gasteiger partial charge >= 0.3 is 0 Å². The van der Waals surface area contributed by atoms with Gasteiger partial charge < -0.3 is 14.8 Å². The van der Waals surface area contributed by atoms with Gasteiger partial charge in [0.05, 0.1) is 14.2 Å². The topological polar surface area (TPSA) is 54.9 Å². The first-order valence-electron chi connectivity index (χ1n) is 8.07. The molecule has 0 spiro atoms. The van der Waals surface area contributed by atoms with Crippen molar-refractivity contribution in [1.82, 2.24) is 5.43 Å². The van der Waals surface area contributed by atoms with E-state index in [1.54, 1.807) is 14.2 Å². The zero-order valence-electron chi connectivity index (χ0n) is 13.9. The summed E-state index contributed by atoms with van der Waals surface area (Å²) in [6.07, 6.45) is 8.51. The fourth-order valence-corrected chi connectivity index (χ4v) is 2.79. The van der Waals surface area contributed by atoms with Crippen molar-refractivity contribution in [2.75, 3.05) is 19.5 Å². The predicted molar refractivity (Wildman–Crippen MR) is 98.7 cm³/mol. The van der Waals surface area contributed by atoms with Crippen LogP contribution in [0.4, 0.5) is 5.69 Å². The predicted octanol–water partition coefficient (Wildman–Crippen LogP) is 4.09. The van der Waals surface area contributed by atoms with Crippen molar-refractivity contribution in [3.8, 4) is 11.5 Å². The minimum absolute atomic E-state index is 0.478. The number of hydrogen-bond acceptors (Lipinski definition) is 4. The number of nitrogens with one attached hydrogen (secondary N) is 2. The van der Waals surface area contributed by atoms with Crippen LogP contribution in [0.1, 0.15) is 44.9 Å². The summed E-state index contributed by atoms with van der Waals surface area (Å²) < 4.78 is 10.5. The Morgan fingerprint density at radius 1 is 1.00 bits per heavy atom. The Kier molecular flexibility index (Phi) is 7.13. The molecule has 23 heavy (non-hydrogen) atoms. The van der Waals surface area contributed by atoms with E-state index in [2.05, 4.69) is 15.8 Å². The van der Waals surface area contributed by atoms with Crippen LogP contribution < -0.4 is 20.2 Å². The second kappa shape index (κ2) is 9.35. The SMILES string of the molecule is COc1ccc(NC(=S)NN=C2CCCCCCC2)cc1OC. The number of thiocarbonyl (C=S) groups is 1. The standard InChI is InChI=1S/C17H25N3O2S/c1-21-15-11-10-14(12-16(15)22-2)18-17(23)20-19-13-8-6-4-3-5-7-9-13/h10-12H,3-9H2,1-2H3,(H2,18,20,23). The van der Waals surface area contributed by atoms with Gasteiger partial charge in [0.2, 0.25) is 0 Å². The maximum absolute atomic E-state index is 5.30. The number of ether oxygens (including phenoxy) is 2. The maximum atomic E-state index is 5.30. The van der Waals surface area contributed by atoms with E-state index in [4.69, 9.17) is 21.7 Å². The molecule has 1 saturated carbocycles. The Morgan fingerprint density at radius 2 is 1.65 bits per heavy atom. The van der Waals surface area contributed by atoms with Crippen LogP contribution in [-0.4, -0.2) is 25.0 Å². The van der Waals surface area contributed by atoms with E-state index in [1.807, 2.05) is 18.2 Å². The molecular formula is C17H25N3O2S. The fraction of sp³-hybridized carbons (Fsp3) is 0.529. The monoisotopic (exact) mass is 335 g/mol. The average molecular weight is 335 g/mol. The fourth-order valence-electron chi connectivity index (χ4n) is 2.63. The second-order valence-corrected chi connectivity index (χ2v) is 5.99. The van der Waals surface area contributed by atoms with Gasteiger partial charge in [-0.2, -0.15) is 5.10 Å². The van der Waals surface area contributed by atoms with E-state index in [0.29, 0.717) is 16.6 Å². The summed E-state index contributed by atoms with van der Waals surface area (Å²) in [7, 11) is 3.22. The summed E-state index contributed by atoms with van der Waals surface area (Å²) >= 11 is 5.30. The molecule has 0 aromatic heterocycles. The van der Waals surface area contributed by atoms with Gasteiger partial charge in [-0.05, 0) is 50.0 Å². The number of hydrazone groups is 1. The Morgan fingerprint density at radius 3 is 2.30 bits per heavy atom. The lowest BCUT2D eigenvalue weighted by Gasteiger charge is -2.13. The van der Waals surface area contributed by atoms with Crippen LogP contribution in [-0.2, 0) is 0 Å². The molecule has 0 unspecified atom stereocenters. The molecule has 0 heterocycles. The molecule has 2 N–H and O–H groups in total. The number of benzene rings is 1. The summed E-state index contributed by atoms with van der Waals surface area (Å²) in [5.41, 5.74) is 4.99. The average Bonchev–Trinajstić information content (AvgIpc) is 2.53. The van der Waals surface area contributed by atoms with Crippen molar-refractivity contribution in [2.24, 2.45) is 5.10 Å². The van der Waals surface area contributed by atoms with Gasteiger partial charge in [-0.1, -0.05) is 19.3 Å². The Bertz CT molecular complexity index is 551. The molecule has 1 fully saturated rings. The van der Waals surface area contributed by atoms with Crippen molar-refractivity contribution in [3.63, 3.8) is 0 Å². The van der Waals surface area contributed by atoms with Gasteiger partial charge in [-0.25, -0.2) is 0 Å². The largest absolute Gasteiger partial charge is 0.493 e. The van der Waals surface area contributed by atoms with Crippen LogP contribution in [0.25, 0.3) is 0 Å². The molecule has 0 radical (unpaired) electrons. The van der Waals surface area contributed by atoms with Crippen LogP contribution in [0.5, 0.6) is 11.5 Å². The number of hydrogen-bond donors (Lipinski definition) is 2. The highest BCUT2D eigenvalue weighted by atomic mass is 32.1. The van der Waals surface area contributed by atoms with Crippen LogP contribution in [0, 0.1) is 0 Å². The van der Waals surface area contributed by atoms with Crippen molar-refractivity contribution in [3.05, 3.63) is 18.2 Å². The highest BCUT2D eigenvalue weighted by Crippen LogP contribution is 2.29. The van der Waals surface area contributed by atoms with Gasteiger partial charge in [-0.3, -0.25) is 5.43 Å². The Hall–Kier alpha value is -1.82. The molecule has 1 aliphatic rings. The number of nitrogens with zero attached hydrogens (tertiary/aromatic N) is 1. The maximum Gasteiger partial charge on any atom is 0.191 e. The molecule has 0 atom stereocenters. The Balaban J connectivity index is 1.91. The molecule has 126 valence electrons. The van der Waals surface area contributed by atoms with E-state index in [0.717, 1.165) is 18.5 Å². The van der Waals surface area contributed by atoms with Crippen molar-refractivity contribution >= 4 is 28.7 Å². The molecule has 2 rings (SSSR count). The summed E-state index contributed by atoms with van der Waals surface area (Å²) in [6.45, 7) is 0. The van der Waals surface area contributed by atoms with Gasteiger partial charge in [0.25, 0.3) is 0 Å². The third-order valence-electron chi connectivity index (χ3n) is 3.89. The lowest BCUT2D eigenvalue weighted by atomic mass is 9.99. The van der Waals surface area contributed by atoms with E-state index >= 15 is 0 Å². The zero-order valence-corrected chi connectivity index (χ0v) is 14.7. The van der Waals surface area contributed by atoms with Crippen LogP contribution in [0.3, 0.4) is 0 Å². The second-order valence-electron chi connectivity index (χ2n) is 5.58. The number of rotatable bonds is 4.